The Labute approximate surface area is 165 Å². The van der Waals surface area contributed by atoms with E-state index in [-0.39, 0.29) is 16.4 Å². The van der Waals surface area contributed by atoms with Crippen molar-refractivity contribution in [1.82, 2.24) is 14.7 Å². The molecule has 0 atom stereocenters. The van der Waals surface area contributed by atoms with Crippen molar-refractivity contribution in [2.45, 2.75) is 25.8 Å². The Bertz CT molecular complexity index is 1190. The summed E-state index contributed by atoms with van der Waals surface area (Å²) in [6, 6.07) is 8.51. The molecule has 0 aliphatic rings. The molecule has 2 aromatic heterocycles. The van der Waals surface area contributed by atoms with Crippen LogP contribution in [0.25, 0.3) is 0 Å². The van der Waals surface area contributed by atoms with Gasteiger partial charge < -0.3 is 9.91 Å². The van der Waals surface area contributed by atoms with Crippen molar-refractivity contribution < 1.29 is 13.2 Å². The molecule has 1 N–H and O–H groups in total. The van der Waals surface area contributed by atoms with Crippen LogP contribution in [0.3, 0.4) is 0 Å². The van der Waals surface area contributed by atoms with E-state index in [1.165, 1.54) is 16.9 Å². The predicted molar refractivity (Wildman–Crippen MR) is 108 cm³/mol. The van der Waals surface area contributed by atoms with Crippen molar-refractivity contribution in [2.24, 2.45) is 0 Å². The molecule has 0 fully saturated rings. The minimum absolute atomic E-state index is 0.141. The number of ketones is 1. The molecular formula is C19H19BN4O3S. The topological polar surface area (TPSA) is 93.9 Å². The smallest absolute Gasteiger partial charge is 0.264 e. The molecule has 7 nitrogen and oxygen atoms in total. The molecule has 2 heterocycles. The maximum Gasteiger partial charge on any atom is 0.264 e. The van der Waals surface area contributed by atoms with Gasteiger partial charge in [0.1, 0.15) is 0 Å². The number of rotatable bonds is 5. The van der Waals surface area contributed by atoms with Crippen molar-refractivity contribution in [3.8, 4) is 0 Å². The lowest BCUT2D eigenvalue weighted by Gasteiger charge is -2.13. The van der Waals surface area contributed by atoms with E-state index in [0.29, 0.717) is 17.1 Å². The van der Waals surface area contributed by atoms with Crippen LogP contribution in [-0.2, 0) is 9.84 Å². The summed E-state index contributed by atoms with van der Waals surface area (Å²) < 4.78 is 25.1. The third-order valence-corrected chi connectivity index (χ3v) is 5.58. The van der Waals surface area contributed by atoms with Crippen LogP contribution in [0.1, 0.15) is 32.7 Å². The summed E-state index contributed by atoms with van der Waals surface area (Å²) in [6.45, 7) is 5.47. The fourth-order valence-corrected chi connectivity index (χ4v) is 3.32. The molecule has 0 spiro atoms. The van der Waals surface area contributed by atoms with Crippen molar-refractivity contribution in [3.63, 3.8) is 0 Å². The lowest BCUT2D eigenvalue weighted by Crippen LogP contribution is -2.11. The van der Waals surface area contributed by atoms with Crippen LogP contribution in [0.2, 0.25) is 0 Å². The maximum absolute atomic E-state index is 13.1. The normalized spacial score (nSPS) is 11.4. The lowest BCUT2D eigenvalue weighted by atomic mass is 9.99. The van der Waals surface area contributed by atoms with Gasteiger partial charge in [-0.1, -0.05) is 24.3 Å². The fourth-order valence-electron chi connectivity index (χ4n) is 2.74. The van der Waals surface area contributed by atoms with E-state index in [1.54, 1.807) is 19.1 Å². The molecule has 0 bridgehead atoms. The monoisotopic (exact) mass is 394 g/mol. The molecule has 0 saturated heterocycles. The standard InChI is InChI=1S/C19H19BN4O3S/c1-11-7-5-6-8-14(11)18(25)15-10-21-17(28(4,26)27)9-16(15)22-19-12(2)13(3)24(20)23-19/h5-10H,1-4H3,(H,21,22,23). The summed E-state index contributed by atoms with van der Waals surface area (Å²) in [5.41, 5.74) is 3.39. The largest absolute Gasteiger partial charge is 0.338 e. The van der Waals surface area contributed by atoms with Gasteiger partial charge in [-0.15, -0.1) is 0 Å². The van der Waals surface area contributed by atoms with Gasteiger partial charge in [0.15, 0.2) is 26.5 Å². The van der Waals surface area contributed by atoms with Gasteiger partial charge in [-0.05, 0) is 32.4 Å². The first-order chi connectivity index (χ1) is 13.1. The number of pyridine rings is 1. The van der Waals surface area contributed by atoms with E-state index < -0.39 is 9.84 Å². The Balaban J connectivity index is 2.16. The first-order valence-corrected chi connectivity index (χ1v) is 10.4. The number of carbonyl (C=O) groups excluding carboxylic acids is 1. The maximum atomic E-state index is 13.1. The predicted octanol–water partition coefficient (Wildman–Crippen LogP) is 2.51. The molecule has 3 aromatic rings. The molecule has 0 saturated carbocycles. The number of hydrogen-bond acceptors (Lipinski definition) is 6. The number of carbonyl (C=O) groups is 1. The van der Waals surface area contributed by atoms with Gasteiger partial charge in [-0.3, -0.25) is 4.79 Å². The summed E-state index contributed by atoms with van der Waals surface area (Å²) >= 11 is 0. The zero-order valence-corrected chi connectivity index (χ0v) is 16.8. The minimum Gasteiger partial charge on any atom is -0.338 e. The Hall–Kier alpha value is -2.94. The third kappa shape index (κ3) is 3.70. The second-order valence-corrected chi connectivity index (χ2v) is 8.58. The van der Waals surface area contributed by atoms with Crippen molar-refractivity contribution >= 4 is 35.1 Å². The van der Waals surface area contributed by atoms with Gasteiger partial charge >= 0.3 is 0 Å². The summed E-state index contributed by atoms with van der Waals surface area (Å²) in [7, 11) is 2.23. The van der Waals surface area contributed by atoms with E-state index in [0.717, 1.165) is 23.1 Å². The Morgan fingerprint density at radius 1 is 1.14 bits per heavy atom. The van der Waals surface area contributed by atoms with Crippen LogP contribution in [0.4, 0.5) is 11.5 Å². The number of aromatic nitrogens is 3. The van der Waals surface area contributed by atoms with Gasteiger partial charge in [0, 0.05) is 29.3 Å². The molecule has 0 unspecified atom stereocenters. The SMILES string of the molecule is [B]n1nc(Nc2cc(S(C)(=O)=O)ncc2C(=O)c2ccccc2C)c(C)c1C. The summed E-state index contributed by atoms with van der Waals surface area (Å²) in [6.07, 6.45) is 2.33. The van der Waals surface area contributed by atoms with Gasteiger partial charge in [-0.25, -0.2) is 13.4 Å². The van der Waals surface area contributed by atoms with E-state index >= 15 is 0 Å². The van der Waals surface area contributed by atoms with Gasteiger partial charge in [0.25, 0.3) is 7.98 Å². The van der Waals surface area contributed by atoms with Gasteiger partial charge in [-0.2, -0.15) is 5.10 Å². The van der Waals surface area contributed by atoms with Crippen LogP contribution in [0.15, 0.2) is 41.6 Å². The number of nitrogens with one attached hydrogen (secondary N) is 1. The molecule has 142 valence electrons. The minimum atomic E-state index is -3.56. The van der Waals surface area contributed by atoms with Crippen molar-refractivity contribution in [3.05, 3.63) is 64.5 Å². The number of anilines is 2. The van der Waals surface area contributed by atoms with E-state index in [2.05, 4.69) is 15.4 Å². The zero-order chi connectivity index (χ0) is 20.6. The molecule has 1 aromatic carbocycles. The quantitative estimate of drug-likeness (QED) is 0.528. The van der Waals surface area contributed by atoms with Crippen LogP contribution >= 0.6 is 0 Å². The van der Waals surface area contributed by atoms with E-state index in [4.69, 9.17) is 7.98 Å². The van der Waals surface area contributed by atoms with Crippen LogP contribution in [0, 0.1) is 20.8 Å². The van der Waals surface area contributed by atoms with E-state index in [9.17, 15) is 13.2 Å². The zero-order valence-electron chi connectivity index (χ0n) is 16.0. The Kier molecular flexibility index (Phi) is 5.12. The van der Waals surface area contributed by atoms with E-state index in [1.807, 2.05) is 26.0 Å². The summed E-state index contributed by atoms with van der Waals surface area (Å²) in [5, 5.41) is 7.10. The average molecular weight is 394 g/mol. The van der Waals surface area contributed by atoms with Gasteiger partial charge in [0.2, 0.25) is 0 Å². The number of sulfone groups is 1. The molecular weight excluding hydrogens is 375 g/mol. The van der Waals surface area contributed by atoms with Gasteiger partial charge in [0.05, 0.1) is 11.3 Å². The van der Waals surface area contributed by atoms with Crippen LogP contribution < -0.4 is 5.32 Å². The molecule has 9 heteroatoms. The summed E-state index contributed by atoms with van der Waals surface area (Å²) in [4.78, 5) is 17.1. The van der Waals surface area contributed by atoms with Crippen LogP contribution in [-0.4, -0.2) is 43.1 Å². The fraction of sp³-hybridized carbons (Fsp3) is 0.211. The second-order valence-electron chi connectivity index (χ2n) is 6.61. The van der Waals surface area contributed by atoms with Crippen molar-refractivity contribution in [1.29, 1.82) is 0 Å². The number of aryl methyl sites for hydroxylation is 1. The molecule has 3 rings (SSSR count). The Morgan fingerprint density at radius 3 is 2.39 bits per heavy atom. The summed E-state index contributed by atoms with van der Waals surface area (Å²) in [5.74, 6) is 0.166. The first kappa shape index (κ1) is 19.8. The lowest BCUT2D eigenvalue weighted by molar-refractivity contribution is 0.103. The number of nitrogens with zero attached hydrogens (tertiary/aromatic N) is 3. The number of benzene rings is 1. The average Bonchev–Trinajstić information content (AvgIpc) is 2.87. The molecule has 0 amide bonds. The highest BCUT2D eigenvalue weighted by Crippen LogP contribution is 2.28. The first-order valence-electron chi connectivity index (χ1n) is 8.48. The second kappa shape index (κ2) is 7.24. The van der Waals surface area contributed by atoms with Crippen LogP contribution in [0.5, 0.6) is 0 Å². The molecule has 28 heavy (non-hydrogen) atoms. The highest BCUT2D eigenvalue weighted by molar-refractivity contribution is 7.90. The molecule has 0 aliphatic heterocycles. The third-order valence-electron chi connectivity index (χ3n) is 4.60. The highest BCUT2D eigenvalue weighted by atomic mass is 32.2. The number of hydrogen-bond donors (Lipinski definition) is 1. The molecule has 0 aliphatic carbocycles. The van der Waals surface area contributed by atoms with Crippen molar-refractivity contribution in [2.75, 3.05) is 11.6 Å². The highest BCUT2D eigenvalue weighted by Gasteiger charge is 2.21. The Morgan fingerprint density at radius 2 is 1.82 bits per heavy atom. The molecule has 2 radical (unpaired) electrons.